The van der Waals surface area contributed by atoms with Gasteiger partial charge in [-0.3, -0.25) is 0 Å². The number of aromatic nitrogens is 1. The van der Waals surface area contributed by atoms with Gasteiger partial charge in [-0.25, -0.2) is 0 Å². The van der Waals surface area contributed by atoms with Crippen LogP contribution < -0.4 is 0 Å². The van der Waals surface area contributed by atoms with E-state index in [-0.39, 0.29) is 5.41 Å². The van der Waals surface area contributed by atoms with Crippen LogP contribution in [0, 0.1) is 0 Å². The van der Waals surface area contributed by atoms with Crippen LogP contribution in [0.3, 0.4) is 0 Å². The molecular weight excluding hydrogens is 458 g/mol. The molecular formula is C37H27N. The van der Waals surface area contributed by atoms with E-state index in [1.807, 2.05) is 0 Å². The van der Waals surface area contributed by atoms with Crippen molar-refractivity contribution in [2.24, 2.45) is 0 Å². The molecule has 1 heteroatoms. The van der Waals surface area contributed by atoms with Gasteiger partial charge >= 0.3 is 0 Å². The normalized spacial score (nSPS) is 13.7. The van der Waals surface area contributed by atoms with Crippen LogP contribution in [0.15, 0.2) is 127 Å². The van der Waals surface area contributed by atoms with Gasteiger partial charge in [0, 0.05) is 21.9 Å². The zero-order chi connectivity index (χ0) is 25.4. The van der Waals surface area contributed by atoms with E-state index in [2.05, 4.69) is 146 Å². The quantitative estimate of drug-likeness (QED) is 0.230. The van der Waals surface area contributed by atoms with Gasteiger partial charge in [-0.05, 0) is 74.5 Å². The van der Waals surface area contributed by atoms with Crippen LogP contribution in [0.5, 0.6) is 0 Å². The Morgan fingerprint density at radius 3 is 2.13 bits per heavy atom. The molecule has 38 heavy (non-hydrogen) atoms. The van der Waals surface area contributed by atoms with Crippen LogP contribution in [0.1, 0.15) is 25.0 Å². The third-order valence-electron chi connectivity index (χ3n) is 8.58. The van der Waals surface area contributed by atoms with E-state index in [1.165, 1.54) is 71.6 Å². The fraction of sp³-hybridized carbons (Fsp3) is 0.0811. The van der Waals surface area contributed by atoms with Crippen LogP contribution in [0.2, 0.25) is 0 Å². The molecule has 6 aromatic carbocycles. The second-order valence-electron chi connectivity index (χ2n) is 11.0. The van der Waals surface area contributed by atoms with Gasteiger partial charge < -0.3 is 4.57 Å². The highest BCUT2D eigenvalue weighted by atomic mass is 15.0. The lowest BCUT2D eigenvalue weighted by Gasteiger charge is -2.21. The maximum absolute atomic E-state index is 2.46. The summed E-state index contributed by atoms with van der Waals surface area (Å²) in [5, 5.41) is 5.15. The first-order valence-electron chi connectivity index (χ1n) is 13.4. The molecule has 0 bridgehead atoms. The van der Waals surface area contributed by atoms with Gasteiger partial charge in [0.05, 0.1) is 11.0 Å². The van der Waals surface area contributed by atoms with E-state index in [0.717, 1.165) is 0 Å². The van der Waals surface area contributed by atoms with Crippen molar-refractivity contribution in [2.75, 3.05) is 0 Å². The molecule has 0 aliphatic heterocycles. The predicted molar refractivity (Wildman–Crippen MR) is 161 cm³/mol. The number of hydrogen-bond donors (Lipinski definition) is 0. The Bertz CT molecular complexity index is 2040. The molecule has 0 radical (unpaired) electrons. The summed E-state index contributed by atoms with van der Waals surface area (Å²) in [6.07, 6.45) is 0. The van der Waals surface area contributed by atoms with Gasteiger partial charge in [0.15, 0.2) is 0 Å². The molecule has 0 amide bonds. The van der Waals surface area contributed by atoms with Crippen molar-refractivity contribution in [3.8, 4) is 27.9 Å². The van der Waals surface area contributed by atoms with E-state index >= 15 is 0 Å². The van der Waals surface area contributed by atoms with Gasteiger partial charge in [-0.2, -0.15) is 0 Å². The van der Waals surface area contributed by atoms with Crippen molar-refractivity contribution in [2.45, 2.75) is 19.3 Å². The molecule has 0 unspecified atom stereocenters. The number of hydrogen-bond acceptors (Lipinski definition) is 0. The summed E-state index contributed by atoms with van der Waals surface area (Å²) in [5.41, 5.74) is 11.8. The minimum Gasteiger partial charge on any atom is -0.309 e. The second-order valence-corrected chi connectivity index (χ2v) is 11.0. The minimum atomic E-state index is -0.0138. The molecule has 1 nitrogen and oxygen atoms in total. The van der Waals surface area contributed by atoms with E-state index in [1.54, 1.807) is 0 Å². The highest BCUT2D eigenvalue weighted by Gasteiger charge is 2.36. The molecule has 0 saturated carbocycles. The largest absolute Gasteiger partial charge is 0.309 e. The Kier molecular flexibility index (Phi) is 4.35. The molecule has 1 heterocycles. The van der Waals surface area contributed by atoms with Gasteiger partial charge in [0.2, 0.25) is 0 Å². The van der Waals surface area contributed by atoms with Crippen molar-refractivity contribution in [3.63, 3.8) is 0 Å². The highest BCUT2D eigenvalue weighted by Crippen LogP contribution is 2.51. The van der Waals surface area contributed by atoms with Crippen molar-refractivity contribution in [3.05, 3.63) is 139 Å². The average molecular weight is 486 g/mol. The number of rotatable bonds is 2. The van der Waals surface area contributed by atoms with E-state index in [0.29, 0.717) is 0 Å². The van der Waals surface area contributed by atoms with Crippen molar-refractivity contribution >= 4 is 32.6 Å². The summed E-state index contributed by atoms with van der Waals surface area (Å²) in [6, 6.07) is 46.8. The Morgan fingerprint density at radius 2 is 1.24 bits per heavy atom. The second kappa shape index (κ2) is 7.69. The van der Waals surface area contributed by atoms with E-state index in [4.69, 9.17) is 0 Å². The third-order valence-corrected chi connectivity index (χ3v) is 8.58. The van der Waals surface area contributed by atoms with Crippen LogP contribution in [0.25, 0.3) is 60.5 Å². The lowest BCUT2D eigenvalue weighted by molar-refractivity contribution is 0.661. The van der Waals surface area contributed by atoms with Crippen molar-refractivity contribution in [1.29, 1.82) is 0 Å². The van der Waals surface area contributed by atoms with Gasteiger partial charge in [-0.1, -0.05) is 111 Å². The Morgan fingerprint density at radius 1 is 0.474 bits per heavy atom. The van der Waals surface area contributed by atoms with Crippen molar-refractivity contribution < 1.29 is 0 Å². The van der Waals surface area contributed by atoms with Crippen LogP contribution in [0.4, 0.5) is 0 Å². The maximum atomic E-state index is 2.46. The third kappa shape index (κ3) is 2.87. The summed E-state index contributed by atoms with van der Waals surface area (Å²) < 4.78 is 2.45. The van der Waals surface area contributed by atoms with E-state index < -0.39 is 0 Å². The monoisotopic (exact) mass is 485 g/mol. The lowest BCUT2D eigenvalue weighted by Crippen LogP contribution is -2.14. The van der Waals surface area contributed by atoms with Gasteiger partial charge in [-0.15, -0.1) is 0 Å². The fourth-order valence-corrected chi connectivity index (χ4v) is 6.72. The zero-order valence-electron chi connectivity index (χ0n) is 21.6. The first kappa shape index (κ1) is 21.5. The Labute approximate surface area is 222 Å². The van der Waals surface area contributed by atoms with Crippen LogP contribution in [-0.2, 0) is 5.41 Å². The molecule has 0 spiro atoms. The van der Waals surface area contributed by atoms with Crippen molar-refractivity contribution in [1.82, 2.24) is 4.57 Å². The molecule has 0 saturated heterocycles. The first-order valence-corrected chi connectivity index (χ1v) is 13.4. The maximum Gasteiger partial charge on any atom is 0.0547 e. The summed E-state index contributed by atoms with van der Waals surface area (Å²) in [4.78, 5) is 0. The molecule has 0 fully saturated rings. The SMILES string of the molecule is CC1(C)c2ccccc2-c2cc3c(cc21)c1ccccc1n3-c1ccc2c(-c3ccccc3)cccc2c1. The number of para-hydroxylation sites is 1. The molecule has 7 aromatic rings. The summed E-state index contributed by atoms with van der Waals surface area (Å²) in [7, 11) is 0. The van der Waals surface area contributed by atoms with Gasteiger partial charge in [0.1, 0.15) is 0 Å². The topological polar surface area (TPSA) is 4.93 Å². The number of fused-ring (bicyclic) bond motifs is 7. The zero-order valence-corrected chi connectivity index (χ0v) is 21.6. The summed E-state index contributed by atoms with van der Waals surface area (Å²) >= 11 is 0. The Balaban J connectivity index is 1.42. The van der Waals surface area contributed by atoms with Gasteiger partial charge in [0.25, 0.3) is 0 Å². The molecule has 180 valence electrons. The lowest BCUT2D eigenvalue weighted by atomic mass is 9.82. The molecule has 1 aliphatic rings. The molecule has 1 aromatic heterocycles. The Hall–Kier alpha value is -4.62. The average Bonchev–Trinajstić information content (AvgIpc) is 3.40. The predicted octanol–water partition coefficient (Wildman–Crippen LogP) is 9.91. The van der Waals surface area contributed by atoms with Crippen LogP contribution in [-0.4, -0.2) is 4.57 Å². The van der Waals surface area contributed by atoms with E-state index in [9.17, 15) is 0 Å². The first-order chi connectivity index (χ1) is 18.6. The highest BCUT2D eigenvalue weighted by molar-refractivity contribution is 6.11. The number of benzene rings is 6. The summed E-state index contributed by atoms with van der Waals surface area (Å²) in [5.74, 6) is 0. The molecule has 0 atom stereocenters. The molecule has 0 N–H and O–H groups in total. The molecule has 8 rings (SSSR count). The minimum absolute atomic E-state index is 0.0138. The standard InChI is InChI=1S/C37H27N/c1-37(2)33-17-8-6-14-29(33)31-23-36-32(22-34(31)37)30-15-7-9-18-35(30)38(36)26-19-20-28-25(21-26)13-10-16-27(28)24-11-4-3-5-12-24/h3-23H,1-2H3. The fourth-order valence-electron chi connectivity index (χ4n) is 6.72. The summed E-state index contributed by atoms with van der Waals surface area (Å²) in [6.45, 7) is 4.71. The molecule has 1 aliphatic carbocycles. The smallest absolute Gasteiger partial charge is 0.0547 e. The van der Waals surface area contributed by atoms with Crippen LogP contribution >= 0.6 is 0 Å². The number of nitrogens with zero attached hydrogens (tertiary/aromatic N) is 1.